The molecule has 0 saturated heterocycles. The van der Waals surface area contributed by atoms with Crippen LogP contribution in [-0.4, -0.2) is 22.5 Å². The Kier molecular flexibility index (Phi) is 6.13. The van der Waals surface area contributed by atoms with Gasteiger partial charge in [-0.3, -0.25) is 10.1 Å². The van der Waals surface area contributed by atoms with E-state index in [2.05, 4.69) is 20.7 Å². The first kappa shape index (κ1) is 19.9. The van der Waals surface area contributed by atoms with Crippen LogP contribution in [-0.2, 0) is 5.75 Å². The molecular formula is C21H19N3O2S3. The summed E-state index contributed by atoms with van der Waals surface area (Å²) < 4.78 is 6.52. The van der Waals surface area contributed by atoms with Gasteiger partial charge in [0.05, 0.1) is 33.1 Å². The monoisotopic (exact) mass is 441 g/mol. The summed E-state index contributed by atoms with van der Waals surface area (Å²) in [4.78, 5) is 22.8. The van der Waals surface area contributed by atoms with Crippen LogP contribution >= 0.6 is 34.4 Å². The maximum Gasteiger partial charge on any atom is 0.258 e. The number of thiazole rings is 2. The highest BCUT2D eigenvalue weighted by Crippen LogP contribution is 2.31. The number of carbonyl (C=O) groups excluding carboxylic acids is 1. The molecule has 4 aromatic rings. The lowest BCUT2D eigenvalue weighted by atomic mass is 10.2. The van der Waals surface area contributed by atoms with Crippen LogP contribution in [0.5, 0.6) is 5.75 Å². The molecule has 0 fully saturated rings. The second-order valence-electron chi connectivity index (χ2n) is 6.18. The molecule has 0 bridgehead atoms. The molecule has 29 heavy (non-hydrogen) atoms. The summed E-state index contributed by atoms with van der Waals surface area (Å²) in [6.07, 6.45) is 0. The number of nitrogens with zero attached hydrogens (tertiary/aromatic N) is 2. The van der Waals surface area contributed by atoms with Crippen LogP contribution in [0.2, 0.25) is 0 Å². The zero-order valence-electron chi connectivity index (χ0n) is 16.0. The molecule has 1 N–H and O–H groups in total. The Balaban J connectivity index is 1.50. The van der Waals surface area contributed by atoms with Gasteiger partial charge in [0, 0.05) is 16.0 Å². The molecule has 2 heterocycles. The van der Waals surface area contributed by atoms with Crippen molar-refractivity contribution >= 4 is 55.7 Å². The van der Waals surface area contributed by atoms with Gasteiger partial charge in [-0.1, -0.05) is 23.5 Å². The SMILES string of the molecule is CCOc1ccc2nc(NC(=O)c3ccccc3SCc3csc(C)n3)sc2c1. The summed E-state index contributed by atoms with van der Waals surface area (Å²) in [6.45, 7) is 4.56. The average molecular weight is 442 g/mol. The van der Waals surface area contributed by atoms with Crippen LogP contribution in [0, 0.1) is 6.92 Å². The van der Waals surface area contributed by atoms with Crippen molar-refractivity contribution in [1.29, 1.82) is 0 Å². The molecule has 148 valence electrons. The number of thioether (sulfide) groups is 1. The van der Waals surface area contributed by atoms with E-state index in [1.165, 1.54) is 11.3 Å². The van der Waals surface area contributed by atoms with E-state index in [0.29, 0.717) is 17.3 Å². The fourth-order valence-electron chi connectivity index (χ4n) is 2.79. The van der Waals surface area contributed by atoms with Crippen LogP contribution in [0.4, 0.5) is 5.13 Å². The average Bonchev–Trinajstić information content (AvgIpc) is 3.31. The number of aryl methyl sites for hydroxylation is 1. The van der Waals surface area contributed by atoms with Crippen LogP contribution < -0.4 is 10.1 Å². The summed E-state index contributed by atoms with van der Waals surface area (Å²) in [5, 5.41) is 6.63. The Bertz CT molecular complexity index is 1150. The number of hydrogen-bond donors (Lipinski definition) is 1. The Morgan fingerprint density at radius 2 is 2.07 bits per heavy atom. The van der Waals surface area contributed by atoms with Crippen LogP contribution in [0.25, 0.3) is 10.2 Å². The zero-order valence-corrected chi connectivity index (χ0v) is 18.4. The molecule has 0 atom stereocenters. The first-order valence-electron chi connectivity index (χ1n) is 9.10. The topological polar surface area (TPSA) is 64.1 Å². The molecule has 8 heteroatoms. The normalized spacial score (nSPS) is 11.0. The number of anilines is 1. The number of rotatable bonds is 7. The van der Waals surface area contributed by atoms with Crippen molar-refractivity contribution in [3.05, 3.63) is 64.1 Å². The fourth-order valence-corrected chi connectivity index (χ4v) is 5.34. The summed E-state index contributed by atoms with van der Waals surface area (Å²) in [6, 6.07) is 13.4. The molecule has 2 aromatic heterocycles. The number of aromatic nitrogens is 2. The number of carbonyl (C=O) groups is 1. The smallest absolute Gasteiger partial charge is 0.258 e. The first-order chi connectivity index (χ1) is 14.1. The molecule has 0 spiro atoms. The molecule has 2 aromatic carbocycles. The van der Waals surface area contributed by atoms with Crippen molar-refractivity contribution < 1.29 is 9.53 Å². The molecule has 0 saturated carbocycles. The summed E-state index contributed by atoms with van der Waals surface area (Å²) in [7, 11) is 0. The first-order valence-corrected chi connectivity index (χ1v) is 11.8. The van der Waals surface area contributed by atoms with Gasteiger partial charge < -0.3 is 4.74 Å². The maximum atomic E-state index is 12.9. The number of benzene rings is 2. The maximum absolute atomic E-state index is 12.9. The largest absolute Gasteiger partial charge is 0.494 e. The lowest BCUT2D eigenvalue weighted by Gasteiger charge is -2.07. The van der Waals surface area contributed by atoms with E-state index in [0.717, 1.165) is 37.3 Å². The Morgan fingerprint density at radius 1 is 1.21 bits per heavy atom. The number of ether oxygens (including phenoxy) is 1. The van der Waals surface area contributed by atoms with Crippen molar-refractivity contribution in [2.45, 2.75) is 24.5 Å². The number of amides is 1. The van der Waals surface area contributed by atoms with Crippen molar-refractivity contribution in [3.63, 3.8) is 0 Å². The van der Waals surface area contributed by atoms with Gasteiger partial charge in [-0.2, -0.15) is 0 Å². The molecule has 1 amide bonds. The molecule has 0 aliphatic carbocycles. The van der Waals surface area contributed by atoms with Gasteiger partial charge in [-0.25, -0.2) is 9.97 Å². The molecule has 5 nitrogen and oxygen atoms in total. The summed E-state index contributed by atoms with van der Waals surface area (Å²) in [5.41, 5.74) is 2.51. The molecule has 4 rings (SSSR count). The molecule has 0 unspecified atom stereocenters. The minimum Gasteiger partial charge on any atom is -0.494 e. The van der Waals surface area contributed by atoms with E-state index in [-0.39, 0.29) is 5.91 Å². The van der Waals surface area contributed by atoms with Crippen molar-refractivity contribution in [1.82, 2.24) is 9.97 Å². The summed E-state index contributed by atoms with van der Waals surface area (Å²) >= 11 is 4.69. The number of hydrogen-bond acceptors (Lipinski definition) is 7. The summed E-state index contributed by atoms with van der Waals surface area (Å²) in [5.74, 6) is 1.38. The third kappa shape index (κ3) is 4.77. The van der Waals surface area contributed by atoms with Gasteiger partial charge in [0.2, 0.25) is 0 Å². The van der Waals surface area contributed by atoms with Crippen molar-refractivity contribution in [2.24, 2.45) is 0 Å². The Hall–Kier alpha value is -2.42. The lowest BCUT2D eigenvalue weighted by Crippen LogP contribution is -2.12. The zero-order chi connectivity index (χ0) is 20.2. The Morgan fingerprint density at radius 3 is 2.86 bits per heavy atom. The second kappa shape index (κ2) is 8.94. The quantitative estimate of drug-likeness (QED) is 0.356. The van der Waals surface area contributed by atoms with Crippen LogP contribution in [0.15, 0.2) is 52.7 Å². The highest BCUT2D eigenvalue weighted by Gasteiger charge is 2.15. The fraction of sp³-hybridized carbons (Fsp3) is 0.190. The molecule has 0 aliphatic heterocycles. The van der Waals surface area contributed by atoms with Crippen LogP contribution in [0.3, 0.4) is 0 Å². The molecular weight excluding hydrogens is 422 g/mol. The molecule has 0 aliphatic rings. The third-order valence-electron chi connectivity index (χ3n) is 4.07. The van der Waals surface area contributed by atoms with Gasteiger partial charge in [0.25, 0.3) is 5.91 Å². The van der Waals surface area contributed by atoms with E-state index in [9.17, 15) is 4.79 Å². The number of nitrogens with one attached hydrogen (secondary N) is 1. The van der Waals surface area contributed by atoms with Gasteiger partial charge >= 0.3 is 0 Å². The Labute approximate surface area is 181 Å². The van der Waals surface area contributed by atoms with Crippen LogP contribution in [0.1, 0.15) is 28.0 Å². The highest BCUT2D eigenvalue weighted by molar-refractivity contribution is 7.98. The van der Waals surface area contributed by atoms with Crippen molar-refractivity contribution in [2.75, 3.05) is 11.9 Å². The predicted molar refractivity (Wildman–Crippen MR) is 122 cm³/mol. The van der Waals surface area contributed by atoms with E-state index < -0.39 is 0 Å². The number of fused-ring (bicyclic) bond motifs is 1. The standard InChI is InChI=1S/C21H19N3O2S3/c1-3-26-15-8-9-17-19(10-15)29-21(23-17)24-20(25)16-6-4-5-7-18(16)28-12-14-11-27-13(2)22-14/h4-11H,3,12H2,1-2H3,(H,23,24,25). The minimum atomic E-state index is -0.161. The van der Waals surface area contributed by atoms with Gasteiger partial charge in [-0.05, 0) is 44.2 Å². The highest BCUT2D eigenvalue weighted by atomic mass is 32.2. The van der Waals surface area contributed by atoms with E-state index >= 15 is 0 Å². The molecule has 0 radical (unpaired) electrons. The van der Waals surface area contributed by atoms with Gasteiger partial charge in [0.1, 0.15) is 5.75 Å². The van der Waals surface area contributed by atoms with E-state index in [1.807, 2.05) is 56.3 Å². The van der Waals surface area contributed by atoms with E-state index in [4.69, 9.17) is 4.74 Å². The second-order valence-corrected chi connectivity index (χ2v) is 9.29. The van der Waals surface area contributed by atoms with Crippen molar-refractivity contribution in [3.8, 4) is 5.75 Å². The van der Waals surface area contributed by atoms with Gasteiger partial charge in [0.15, 0.2) is 5.13 Å². The lowest BCUT2D eigenvalue weighted by molar-refractivity contribution is 0.102. The minimum absolute atomic E-state index is 0.161. The van der Waals surface area contributed by atoms with E-state index in [1.54, 1.807) is 23.1 Å². The third-order valence-corrected chi connectivity index (χ3v) is 6.93. The van der Waals surface area contributed by atoms with Gasteiger partial charge in [-0.15, -0.1) is 23.1 Å². The predicted octanol–water partition coefficient (Wildman–Crippen LogP) is 6.00.